The SMILES string of the molecule is CCCCCCC(C)CC(COC(=O)C(C)CCCCCC)OC(=O)CCCN(C)CCCC(=O)OC(COC(=O)C(C)CCCCCC)CC(C)CCCCCC. The monoisotopic (exact) mass is 824 g/mol. The number of carbonyl (C=O) groups is 4. The van der Waals surface area contributed by atoms with E-state index in [0.717, 1.165) is 77.0 Å². The zero-order valence-electron chi connectivity index (χ0n) is 39.4. The van der Waals surface area contributed by atoms with Crippen LogP contribution in [0.5, 0.6) is 0 Å². The standard InChI is InChI=1S/C49H93NO8/c1-10-14-18-22-28-40(5)36-44(38-55-48(53)42(7)30-24-20-16-12-3)57-46(51)32-26-34-50(9)35-27-33-47(52)58-45(37-41(6)29-23-19-15-11-2)39-56-49(54)43(8)31-25-21-17-13-4/h40-45H,10-39H2,1-9H3. The van der Waals surface area contributed by atoms with Crippen molar-refractivity contribution >= 4 is 23.9 Å². The van der Waals surface area contributed by atoms with Crippen LogP contribution in [0.4, 0.5) is 0 Å². The fourth-order valence-corrected chi connectivity index (χ4v) is 7.49. The van der Waals surface area contributed by atoms with Crippen LogP contribution < -0.4 is 0 Å². The molecule has 0 rings (SSSR count). The molecule has 0 aromatic carbocycles. The molecule has 0 spiro atoms. The van der Waals surface area contributed by atoms with Gasteiger partial charge in [-0.15, -0.1) is 0 Å². The Morgan fingerprint density at radius 3 is 1.10 bits per heavy atom. The molecule has 0 saturated heterocycles. The molecule has 0 aliphatic carbocycles. The minimum Gasteiger partial charge on any atom is -0.462 e. The Hall–Kier alpha value is -2.16. The number of ether oxygens (including phenoxy) is 4. The third kappa shape index (κ3) is 32.7. The van der Waals surface area contributed by atoms with E-state index in [1.807, 2.05) is 20.9 Å². The van der Waals surface area contributed by atoms with E-state index in [-0.39, 0.29) is 61.8 Å². The molecule has 0 amide bonds. The Bertz CT molecular complexity index is 943. The molecular weight excluding hydrogens is 731 g/mol. The summed E-state index contributed by atoms with van der Waals surface area (Å²) in [6.45, 7) is 18.6. The Balaban J connectivity index is 4.93. The highest BCUT2D eigenvalue weighted by Gasteiger charge is 2.24. The molecular formula is C49H93NO8. The number of rotatable bonds is 40. The Labute approximate surface area is 357 Å². The van der Waals surface area contributed by atoms with E-state index in [1.54, 1.807) is 0 Å². The maximum atomic E-state index is 13.0. The summed E-state index contributed by atoms with van der Waals surface area (Å²) < 4.78 is 23.3. The number of carbonyl (C=O) groups excluding carboxylic acids is 4. The third-order valence-electron chi connectivity index (χ3n) is 11.5. The number of nitrogens with zero attached hydrogens (tertiary/aromatic N) is 1. The largest absolute Gasteiger partial charge is 0.462 e. The molecule has 0 aromatic heterocycles. The van der Waals surface area contributed by atoms with Crippen molar-refractivity contribution < 1.29 is 38.1 Å². The van der Waals surface area contributed by atoms with E-state index < -0.39 is 12.2 Å². The predicted octanol–water partition coefficient (Wildman–Crippen LogP) is 12.6. The van der Waals surface area contributed by atoms with Gasteiger partial charge in [0.2, 0.25) is 0 Å². The van der Waals surface area contributed by atoms with Gasteiger partial charge in [0, 0.05) is 12.8 Å². The lowest BCUT2D eigenvalue weighted by molar-refractivity contribution is -0.162. The average Bonchev–Trinajstić information content (AvgIpc) is 3.19. The molecule has 6 atom stereocenters. The van der Waals surface area contributed by atoms with Crippen LogP contribution in [0.2, 0.25) is 0 Å². The highest BCUT2D eigenvalue weighted by atomic mass is 16.6. The van der Waals surface area contributed by atoms with Gasteiger partial charge in [-0.1, -0.05) is 171 Å². The van der Waals surface area contributed by atoms with Crippen LogP contribution in [0, 0.1) is 23.7 Å². The summed E-state index contributed by atoms with van der Waals surface area (Å²) in [5, 5.41) is 0. The van der Waals surface area contributed by atoms with Gasteiger partial charge in [-0.3, -0.25) is 19.2 Å². The van der Waals surface area contributed by atoms with Crippen molar-refractivity contribution in [1.29, 1.82) is 0 Å². The van der Waals surface area contributed by atoms with Gasteiger partial charge in [0.25, 0.3) is 0 Å². The molecule has 0 saturated carbocycles. The van der Waals surface area contributed by atoms with Crippen molar-refractivity contribution in [2.24, 2.45) is 23.7 Å². The molecule has 0 aromatic rings. The topological polar surface area (TPSA) is 108 Å². The molecule has 0 fully saturated rings. The van der Waals surface area contributed by atoms with Crippen LogP contribution in [0.25, 0.3) is 0 Å². The minimum absolute atomic E-state index is 0.110. The van der Waals surface area contributed by atoms with E-state index in [9.17, 15) is 19.2 Å². The summed E-state index contributed by atoms with van der Waals surface area (Å²) in [6, 6.07) is 0. The third-order valence-corrected chi connectivity index (χ3v) is 11.5. The van der Waals surface area contributed by atoms with Crippen LogP contribution in [0.1, 0.15) is 222 Å². The number of esters is 4. The van der Waals surface area contributed by atoms with Crippen molar-refractivity contribution in [1.82, 2.24) is 4.90 Å². The smallest absolute Gasteiger partial charge is 0.308 e. The Kier molecular flexibility index (Phi) is 36.4. The molecule has 9 heteroatoms. The highest BCUT2D eigenvalue weighted by Crippen LogP contribution is 2.21. The van der Waals surface area contributed by atoms with E-state index in [0.29, 0.717) is 50.6 Å². The molecule has 0 bridgehead atoms. The maximum absolute atomic E-state index is 13.0. The normalized spacial score (nSPS) is 14.7. The molecule has 0 aliphatic heterocycles. The Morgan fingerprint density at radius 2 is 0.776 bits per heavy atom. The van der Waals surface area contributed by atoms with Crippen LogP contribution in [-0.4, -0.2) is 74.3 Å². The molecule has 342 valence electrons. The van der Waals surface area contributed by atoms with Crippen LogP contribution in [0.15, 0.2) is 0 Å². The van der Waals surface area contributed by atoms with Crippen molar-refractivity contribution in [3.8, 4) is 0 Å². The van der Waals surface area contributed by atoms with Crippen molar-refractivity contribution in [3.05, 3.63) is 0 Å². The summed E-state index contributed by atoms with van der Waals surface area (Å²) in [7, 11) is 1.99. The van der Waals surface area contributed by atoms with Gasteiger partial charge < -0.3 is 23.8 Å². The van der Waals surface area contributed by atoms with E-state index in [1.165, 1.54) is 51.4 Å². The van der Waals surface area contributed by atoms with Crippen molar-refractivity contribution in [2.45, 2.75) is 235 Å². The second-order valence-electron chi connectivity index (χ2n) is 17.9. The lowest BCUT2D eigenvalue weighted by Gasteiger charge is -2.23. The lowest BCUT2D eigenvalue weighted by atomic mass is 9.96. The van der Waals surface area contributed by atoms with Crippen molar-refractivity contribution in [2.75, 3.05) is 33.4 Å². The fourth-order valence-electron chi connectivity index (χ4n) is 7.49. The predicted molar refractivity (Wildman–Crippen MR) is 239 cm³/mol. The summed E-state index contributed by atoms with van der Waals surface area (Å²) in [4.78, 5) is 53.6. The molecule has 0 radical (unpaired) electrons. The summed E-state index contributed by atoms with van der Waals surface area (Å²) in [5.74, 6) is -0.508. The first-order chi connectivity index (χ1) is 27.9. The zero-order chi connectivity index (χ0) is 43.4. The van der Waals surface area contributed by atoms with Crippen LogP contribution >= 0.6 is 0 Å². The van der Waals surface area contributed by atoms with Gasteiger partial charge in [0.05, 0.1) is 11.8 Å². The van der Waals surface area contributed by atoms with E-state index in [4.69, 9.17) is 18.9 Å². The first-order valence-electron chi connectivity index (χ1n) is 24.3. The Morgan fingerprint density at radius 1 is 0.448 bits per heavy atom. The summed E-state index contributed by atoms with van der Waals surface area (Å²) in [6.07, 6.45) is 24.7. The van der Waals surface area contributed by atoms with Gasteiger partial charge in [-0.25, -0.2) is 0 Å². The number of hydrogen-bond acceptors (Lipinski definition) is 9. The van der Waals surface area contributed by atoms with Gasteiger partial charge in [-0.05, 0) is 70.5 Å². The minimum atomic E-state index is -0.441. The molecule has 9 nitrogen and oxygen atoms in total. The summed E-state index contributed by atoms with van der Waals surface area (Å²) >= 11 is 0. The van der Waals surface area contributed by atoms with Gasteiger partial charge in [0.1, 0.15) is 25.4 Å². The van der Waals surface area contributed by atoms with E-state index >= 15 is 0 Å². The second kappa shape index (κ2) is 37.8. The molecule has 0 heterocycles. The quantitative estimate of drug-likeness (QED) is 0.0339. The van der Waals surface area contributed by atoms with Gasteiger partial charge in [-0.2, -0.15) is 0 Å². The zero-order valence-corrected chi connectivity index (χ0v) is 39.4. The molecule has 58 heavy (non-hydrogen) atoms. The van der Waals surface area contributed by atoms with Crippen LogP contribution in [-0.2, 0) is 38.1 Å². The van der Waals surface area contributed by atoms with Gasteiger partial charge >= 0.3 is 23.9 Å². The average molecular weight is 824 g/mol. The van der Waals surface area contributed by atoms with Crippen molar-refractivity contribution in [3.63, 3.8) is 0 Å². The van der Waals surface area contributed by atoms with Gasteiger partial charge in [0.15, 0.2) is 0 Å². The molecule has 0 aliphatic rings. The highest BCUT2D eigenvalue weighted by molar-refractivity contribution is 5.73. The van der Waals surface area contributed by atoms with Crippen LogP contribution in [0.3, 0.4) is 0 Å². The molecule has 6 unspecified atom stereocenters. The first kappa shape index (κ1) is 55.8. The number of unbranched alkanes of at least 4 members (excludes halogenated alkanes) is 12. The second-order valence-corrected chi connectivity index (χ2v) is 17.9. The fraction of sp³-hybridized carbons (Fsp3) is 0.918. The summed E-state index contributed by atoms with van der Waals surface area (Å²) in [5.41, 5.74) is 0. The number of hydrogen-bond donors (Lipinski definition) is 0. The molecule has 0 N–H and O–H groups in total. The maximum Gasteiger partial charge on any atom is 0.308 e. The van der Waals surface area contributed by atoms with E-state index in [2.05, 4.69) is 46.4 Å². The first-order valence-corrected chi connectivity index (χ1v) is 24.3. The lowest BCUT2D eigenvalue weighted by Crippen LogP contribution is -2.29.